The number of aromatic amines is 1. The van der Waals surface area contributed by atoms with Crippen molar-refractivity contribution in [3.63, 3.8) is 0 Å². The molecule has 1 aliphatic heterocycles. The van der Waals surface area contributed by atoms with E-state index >= 15 is 0 Å². The topological polar surface area (TPSA) is 123 Å². The molecule has 0 unspecified atom stereocenters. The average Bonchev–Trinajstić information content (AvgIpc) is 3.30. The summed E-state index contributed by atoms with van der Waals surface area (Å²) in [5, 5.41) is 19.8. The number of rotatable bonds is 6. The quantitative estimate of drug-likeness (QED) is 0.452. The summed E-state index contributed by atoms with van der Waals surface area (Å²) in [5.74, 6) is -0.687. The third kappa shape index (κ3) is 4.47. The van der Waals surface area contributed by atoms with E-state index < -0.39 is 22.2 Å². The van der Waals surface area contributed by atoms with Crippen LogP contribution >= 0.6 is 0 Å². The van der Waals surface area contributed by atoms with Crippen molar-refractivity contribution in [2.75, 3.05) is 19.6 Å². The van der Waals surface area contributed by atoms with E-state index in [1.54, 1.807) is 24.4 Å². The van der Waals surface area contributed by atoms with Crippen molar-refractivity contribution in [1.82, 2.24) is 14.6 Å². The highest BCUT2D eigenvalue weighted by Gasteiger charge is 2.32. The van der Waals surface area contributed by atoms with Gasteiger partial charge in [0, 0.05) is 48.7 Å². The molecule has 0 bridgehead atoms. The van der Waals surface area contributed by atoms with Gasteiger partial charge in [-0.2, -0.15) is 0 Å². The largest absolute Gasteiger partial charge is 0.388 e. The second-order valence-corrected chi connectivity index (χ2v) is 9.26. The van der Waals surface area contributed by atoms with E-state index in [-0.39, 0.29) is 42.7 Å². The van der Waals surface area contributed by atoms with E-state index in [0.29, 0.717) is 5.52 Å². The summed E-state index contributed by atoms with van der Waals surface area (Å²) >= 11 is 0. The normalized spacial score (nSPS) is 19.3. The number of nitrogens with one attached hydrogen (secondary N) is 2. The molecule has 4 rings (SSSR count). The first-order valence-electron chi connectivity index (χ1n) is 9.75. The number of fused-ring (bicyclic) bond motifs is 1. The molecule has 1 amide bonds. The van der Waals surface area contributed by atoms with Gasteiger partial charge in [-0.3, -0.25) is 4.79 Å². The number of aliphatic hydroxyl groups excluding tert-OH is 2. The van der Waals surface area contributed by atoms with Crippen LogP contribution in [0.5, 0.6) is 0 Å². The number of hydrogen-bond acceptors (Lipinski definition) is 5. The number of H-pyrrole nitrogens is 1. The van der Waals surface area contributed by atoms with Crippen molar-refractivity contribution in [2.24, 2.45) is 0 Å². The number of sulfonamides is 1. The summed E-state index contributed by atoms with van der Waals surface area (Å²) in [6.07, 6.45) is -0.294. The molecular weight excluding hydrogens is 425 g/mol. The van der Waals surface area contributed by atoms with Crippen molar-refractivity contribution in [1.29, 1.82) is 0 Å². The zero-order valence-corrected chi connectivity index (χ0v) is 17.3. The SMILES string of the molecule is O=C(CCNS(=O)(=O)c1ccc(-c2c[nH]c3cc(F)ccc23)cc1)N1C[C@@H](O)[C@@H](O)C1. The lowest BCUT2D eigenvalue weighted by Crippen LogP contribution is -2.33. The zero-order valence-electron chi connectivity index (χ0n) is 16.5. The summed E-state index contributed by atoms with van der Waals surface area (Å²) in [4.78, 5) is 16.5. The molecule has 1 fully saturated rings. The maximum Gasteiger partial charge on any atom is 0.240 e. The molecule has 2 atom stereocenters. The van der Waals surface area contributed by atoms with E-state index in [1.165, 1.54) is 29.2 Å². The number of aromatic nitrogens is 1. The predicted octanol–water partition coefficient (Wildman–Crippen LogP) is 1.21. The molecule has 31 heavy (non-hydrogen) atoms. The van der Waals surface area contributed by atoms with Crippen LogP contribution in [0.1, 0.15) is 6.42 Å². The Kier molecular flexibility index (Phi) is 5.80. The van der Waals surface area contributed by atoms with Gasteiger partial charge in [0.15, 0.2) is 0 Å². The fourth-order valence-electron chi connectivity index (χ4n) is 3.66. The monoisotopic (exact) mass is 447 g/mol. The van der Waals surface area contributed by atoms with Crippen molar-refractivity contribution in [3.8, 4) is 11.1 Å². The van der Waals surface area contributed by atoms with Crippen LogP contribution in [-0.4, -0.2) is 66.3 Å². The Bertz CT molecular complexity index is 1200. The molecule has 0 saturated carbocycles. The first-order valence-corrected chi connectivity index (χ1v) is 11.2. The number of β-amino-alcohol motifs (C(OH)–C–C–N with tert-alkyl or cyclic N) is 2. The number of amides is 1. The lowest BCUT2D eigenvalue weighted by molar-refractivity contribution is -0.130. The summed E-state index contributed by atoms with van der Waals surface area (Å²) < 4.78 is 40.8. The molecule has 4 N–H and O–H groups in total. The molecule has 0 radical (unpaired) electrons. The smallest absolute Gasteiger partial charge is 0.240 e. The van der Waals surface area contributed by atoms with Gasteiger partial charge in [-0.25, -0.2) is 17.5 Å². The standard InChI is InChI=1S/C21H22FN3O5S/c22-14-3-6-16-17(10-23-18(16)9-14)13-1-4-15(5-2-13)31(29,30)24-8-7-21(28)25-11-19(26)20(27)12-25/h1-6,9-10,19-20,23-24,26-27H,7-8,11-12H2/t19-,20+. The Labute approximate surface area is 178 Å². The van der Waals surface area contributed by atoms with Crippen LogP contribution in [0.15, 0.2) is 53.6 Å². The second-order valence-electron chi connectivity index (χ2n) is 7.50. The fraction of sp³-hybridized carbons (Fsp3) is 0.286. The zero-order chi connectivity index (χ0) is 22.2. The Balaban J connectivity index is 1.40. The van der Waals surface area contributed by atoms with Gasteiger partial charge >= 0.3 is 0 Å². The van der Waals surface area contributed by atoms with Crippen molar-refractivity contribution in [3.05, 3.63) is 54.5 Å². The summed E-state index contributed by atoms with van der Waals surface area (Å²) in [5.41, 5.74) is 2.25. The molecule has 10 heteroatoms. The molecule has 164 valence electrons. The first-order chi connectivity index (χ1) is 14.7. The van der Waals surface area contributed by atoms with Crippen LogP contribution in [0, 0.1) is 5.82 Å². The minimum atomic E-state index is -3.81. The number of likely N-dealkylation sites (tertiary alicyclic amines) is 1. The molecule has 2 heterocycles. The van der Waals surface area contributed by atoms with Crippen LogP contribution in [0.3, 0.4) is 0 Å². The molecule has 1 saturated heterocycles. The van der Waals surface area contributed by atoms with Crippen LogP contribution in [0.25, 0.3) is 22.0 Å². The summed E-state index contributed by atoms with van der Waals surface area (Å²) in [6.45, 7) is -0.0248. The Morgan fingerprint density at radius 2 is 1.81 bits per heavy atom. The van der Waals surface area contributed by atoms with Gasteiger partial charge in [-0.05, 0) is 35.9 Å². The van der Waals surface area contributed by atoms with Gasteiger partial charge in [0.2, 0.25) is 15.9 Å². The van der Waals surface area contributed by atoms with Crippen LogP contribution in [0.2, 0.25) is 0 Å². The number of benzene rings is 2. The lowest BCUT2D eigenvalue weighted by Gasteiger charge is -2.15. The average molecular weight is 447 g/mol. The fourth-order valence-corrected chi connectivity index (χ4v) is 4.69. The van der Waals surface area contributed by atoms with E-state index in [2.05, 4.69) is 9.71 Å². The number of halogens is 1. The maximum absolute atomic E-state index is 13.4. The lowest BCUT2D eigenvalue weighted by atomic mass is 10.1. The number of aliphatic hydroxyl groups is 2. The number of carbonyl (C=O) groups is 1. The van der Waals surface area contributed by atoms with E-state index in [1.807, 2.05) is 0 Å². The number of hydrogen-bond donors (Lipinski definition) is 4. The van der Waals surface area contributed by atoms with Gasteiger partial charge < -0.3 is 20.1 Å². The molecule has 3 aromatic rings. The van der Waals surface area contributed by atoms with Crippen molar-refractivity contribution >= 4 is 26.8 Å². The first kappa shape index (κ1) is 21.4. The molecule has 8 nitrogen and oxygen atoms in total. The predicted molar refractivity (Wildman–Crippen MR) is 112 cm³/mol. The highest BCUT2D eigenvalue weighted by atomic mass is 32.2. The summed E-state index contributed by atoms with van der Waals surface area (Å²) in [7, 11) is -3.81. The van der Waals surface area contributed by atoms with E-state index in [0.717, 1.165) is 16.5 Å². The highest BCUT2D eigenvalue weighted by Crippen LogP contribution is 2.29. The molecule has 0 aliphatic carbocycles. The minimum Gasteiger partial charge on any atom is -0.388 e. The van der Waals surface area contributed by atoms with Crippen molar-refractivity contribution in [2.45, 2.75) is 23.5 Å². The Morgan fingerprint density at radius 3 is 2.48 bits per heavy atom. The van der Waals surface area contributed by atoms with Gasteiger partial charge in [0.25, 0.3) is 0 Å². The third-order valence-electron chi connectivity index (χ3n) is 5.36. The Morgan fingerprint density at radius 1 is 1.13 bits per heavy atom. The van der Waals surface area contributed by atoms with Crippen LogP contribution in [0.4, 0.5) is 4.39 Å². The van der Waals surface area contributed by atoms with Gasteiger partial charge in [-0.1, -0.05) is 12.1 Å². The van der Waals surface area contributed by atoms with Crippen LogP contribution < -0.4 is 4.72 Å². The van der Waals surface area contributed by atoms with Gasteiger partial charge in [-0.15, -0.1) is 0 Å². The molecule has 1 aliphatic rings. The number of carbonyl (C=O) groups excluding carboxylic acids is 1. The highest BCUT2D eigenvalue weighted by molar-refractivity contribution is 7.89. The second kappa shape index (κ2) is 8.39. The molecule has 2 aromatic carbocycles. The van der Waals surface area contributed by atoms with Crippen LogP contribution in [-0.2, 0) is 14.8 Å². The van der Waals surface area contributed by atoms with E-state index in [4.69, 9.17) is 0 Å². The van der Waals surface area contributed by atoms with Gasteiger partial charge in [0.1, 0.15) is 5.82 Å². The third-order valence-corrected chi connectivity index (χ3v) is 6.84. The van der Waals surface area contributed by atoms with Gasteiger partial charge in [0.05, 0.1) is 17.1 Å². The molecule has 0 spiro atoms. The minimum absolute atomic E-state index is 0.0364. The number of nitrogens with zero attached hydrogens (tertiary/aromatic N) is 1. The molecule has 1 aromatic heterocycles. The maximum atomic E-state index is 13.4. The molecular formula is C21H22FN3O5S. The van der Waals surface area contributed by atoms with Crippen molar-refractivity contribution < 1.29 is 27.8 Å². The summed E-state index contributed by atoms with van der Waals surface area (Å²) in [6, 6.07) is 10.7. The van der Waals surface area contributed by atoms with E-state index in [9.17, 15) is 27.8 Å². The Hall–Kier alpha value is -2.79.